The number of benzene rings is 2. The summed E-state index contributed by atoms with van der Waals surface area (Å²) >= 11 is 5.34. The Balaban J connectivity index is 1.80. The molecule has 2 heterocycles. The number of hydrogen-bond donors (Lipinski definition) is 1. The summed E-state index contributed by atoms with van der Waals surface area (Å²) in [7, 11) is 1.34. The van der Waals surface area contributed by atoms with Gasteiger partial charge in [-0.15, -0.1) is 0 Å². The van der Waals surface area contributed by atoms with Crippen molar-refractivity contribution < 1.29 is 19.1 Å². The summed E-state index contributed by atoms with van der Waals surface area (Å²) < 4.78 is 6.84. The van der Waals surface area contributed by atoms with Gasteiger partial charge in [-0.05, 0) is 81.4 Å². The number of carbonyl (C=O) groups excluding carboxylic acids is 3. The summed E-state index contributed by atoms with van der Waals surface area (Å²) in [5.41, 5.74) is 5.85. The average molecular weight is 488 g/mol. The van der Waals surface area contributed by atoms with Crippen LogP contribution in [0.4, 0.5) is 5.69 Å². The highest BCUT2D eigenvalue weighted by Gasteiger charge is 2.35. The average Bonchev–Trinajstić information content (AvgIpc) is 3.09. The van der Waals surface area contributed by atoms with Crippen molar-refractivity contribution in [3.63, 3.8) is 0 Å². The van der Waals surface area contributed by atoms with Crippen LogP contribution in [-0.4, -0.2) is 34.6 Å². The lowest BCUT2D eigenvalue weighted by Crippen LogP contribution is -2.54. The molecule has 1 aromatic heterocycles. The van der Waals surface area contributed by atoms with Crippen molar-refractivity contribution in [3.05, 3.63) is 87.7 Å². The molecular weight excluding hydrogens is 462 g/mol. The Morgan fingerprint density at radius 2 is 1.71 bits per heavy atom. The van der Waals surface area contributed by atoms with Gasteiger partial charge in [0.25, 0.3) is 11.8 Å². The molecule has 7 nitrogen and oxygen atoms in total. The molecule has 0 unspecified atom stereocenters. The Hall–Kier alpha value is -4.04. The molecule has 178 valence electrons. The van der Waals surface area contributed by atoms with Gasteiger partial charge in [0.2, 0.25) is 0 Å². The highest BCUT2D eigenvalue weighted by Crippen LogP contribution is 2.29. The second kappa shape index (κ2) is 9.31. The van der Waals surface area contributed by atoms with Gasteiger partial charge in [-0.25, -0.2) is 4.79 Å². The fourth-order valence-electron chi connectivity index (χ4n) is 4.34. The maximum absolute atomic E-state index is 13.5. The molecule has 0 radical (unpaired) electrons. The second-order valence-electron chi connectivity index (χ2n) is 8.42. The summed E-state index contributed by atoms with van der Waals surface area (Å²) in [5, 5.41) is 2.68. The number of esters is 1. The van der Waals surface area contributed by atoms with Gasteiger partial charge in [-0.3, -0.25) is 19.8 Å². The highest BCUT2D eigenvalue weighted by molar-refractivity contribution is 7.80. The molecule has 0 saturated carbocycles. The van der Waals surface area contributed by atoms with E-state index in [0.29, 0.717) is 22.5 Å². The molecule has 35 heavy (non-hydrogen) atoms. The first-order valence-corrected chi connectivity index (χ1v) is 11.4. The highest BCUT2D eigenvalue weighted by atomic mass is 32.1. The number of rotatable bonds is 4. The molecule has 2 amide bonds. The molecule has 2 aromatic carbocycles. The minimum atomic E-state index is -0.555. The van der Waals surface area contributed by atoms with E-state index in [1.165, 1.54) is 12.0 Å². The first-order chi connectivity index (χ1) is 16.6. The monoisotopic (exact) mass is 487 g/mol. The van der Waals surface area contributed by atoms with Gasteiger partial charge >= 0.3 is 5.97 Å². The van der Waals surface area contributed by atoms with Gasteiger partial charge in [0.05, 0.1) is 24.0 Å². The third kappa shape index (κ3) is 4.28. The minimum absolute atomic E-state index is 0.0277. The molecule has 1 saturated heterocycles. The van der Waals surface area contributed by atoms with Crippen LogP contribution in [0.3, 0.4) is 0 Å². The van der Waals surface area contributed by atoms with Crippen LogP contribution in [0.25, 0.3) is 11.8 Å². The Bertz CT molecular complexity index is 1430. The fourth-order valence-corrected chi connectivity index (χ4v) is 4.62. The normalized spacial score (nSPS) is 14.9. The molecule has 0 spiro atoms. The number of methoxy groups -OCH3 is 1. The smallest absolute Gasteiger partial charge is 0.339 e. The Labute approximate surface area is 209 Å². The fraction of sp³-hybridized carbons (Fsp3) is 0.185. The van der Waals surface area contributed by atoms with E-state index in [1.807, 2.05) is 68.7 Å². The van der Waals surface area contributed by atoms with Crippen molar-refractivity contribution in [2.45, 2.75) is 27.7 Å². The Morgan fingerprint density at radius 3 is 2.40 bits per heavy atom. The second-order valence-corrected chi connectivity index (χ2v) is 8.81. The van der Waals surface area contributed by atoms with Gasteiger partial charge in [0.1, 0.15) is 5.57 Å². The van der Waals surface area contributed by atoms with E-state index in [0.717, 1.165) is 22.5 Å². The van der Waals surface area contributed by atoms with Gasteiger partial charge in [-0.1, -0.05) is 29.8 Å². The summed E-state index contributed by atoms with van der Waals surface area (Å²) in [6, 6.07) is 14.6. The molecule has 0 atom stereocenters. The van der Waals surface area contributed by atoms with E-state index >= 15 is 0 Å². The number of ether oxygens (including phenoxy) is 1. The van der Waals surface area contributed by atoms with Crippen LogP contribution < -0.4 is 10.2 Å². The van der Waals surface area contributed by atoms with Gasteiger partial charge in [0.15, 0.2) is 5.11 Å². The van der Waals surface area contributed by atoms with E-state index in [1.54, 1.807) is 18.2 Å². The van der Waals surface area contributed by atoms with Crippen LogP contribution in [-0.2, 0) is 14.3 Å². The summed E-state index contributed by atoms with van der Waals surface area (Å²) in [5.74, 6) is -1.50. The van der Waals surface area contributed by atoms with E-state index in [2.05, 4.69) is 5.32 Å². The summed E-state index contributed by atoms with van der Waals surface area (Å²) in [6.45, 7) is 7.62. The van der Waals surface area contributed by atoms with Crippen molar-refractivity contribution >= 4 is 46.9 Å². The predicted molar refractivity (Wildman–Crippen MR) is 139 cm³/mol. The van der Waals surface area contributed by atoms with Gasteiger partial charge in [0, 0.05) is 11.4 Å². The maximum atomic E-state index is 13.5. The van der Waals surface area contributed by atoms with Crippen molar-refractivity contribution in [2.24, 2.45) is 0 Å². The molecule has 1 aliphatic rings. The first kappa shape index (κ1) is 24.1. The zero-order valence-corrected chi connectivity index (χ0v) is 20.9. The molecule has 3 aromatic rings. The van der Waals surface area contributed by atoms with Crippen LogP contribution in [0.15, 0.2) is 54.1 Å². The minimum Gasteiger partial charge on any atom is -0.465 e. The molecule has 0 aliphatic carbocycles. The van der Waals surface area contributed by atoms with Gasteiger partial charge in [-0.2, -0.15) is 0 Å². The third-order valence-corrected chi connectivity index (χ3v) is 6.30. The SMILES string of the molecule is COC(=O)c1ccccc1-n1c(C)cc(/C=C2\C(=O)NC(=S)N(c3ccc(C)cc3C)C2=O)c1C. The van der Waals surface area contributed by atoms with Crippen LogP contribution in [0.5, 0.6) is 0 Å². The number of anilines is 1. The number of nitrogens with zero attached hydrogens (tertiary/aromatic N) is 2. The van der Waals surface area contributed by atoms with Crippen LogP contribution in [0.1, 0.15) is 38.4 Å². The number of para-hydroxylation sites is 1. The molecule has 0 bridgehead atoms. The lowest BCUT2D eigenvalue weighted by atomic mass is 10.0. The van der Waals surface area contributed by atoms with E-state index in [4.69, 9.17) is 17.0 Å². The van der Waals surface area contributed by atoms with Crippen molar-refractivity contribution in [2.75, 3.05) is 12.0 Å². The summed E-state index contributed by atoms with van der Waals surface area (Å²) in [4.78, 5) is 40.0. The van der Waals surface area contributed by atoms with E-state index in [-0.39, 0.29) is 10.7 Å². The van der Waals surface area contributed by atoms with Crippen LogP contribution >= 0.6 is 12.2 Å². The molecule has 8 heteroatoms. The molecule has 4 rings (SSSR count). The summed E-state index contributed by atoms with van der Waals surface area (Å²) in [6.07, 6.45) is 1.57. The maximum Gasteiger partial charge on any atom is 0.339 e. The zero-order valence-electron chi connectivity index (χ0n) is 20.1. The topological polar surface area (TPSA) is 80.6 Å². The molecule has 1 N–H and O–H groups in total. The van der Waals surface area contributed by atoms with Crippen LogP contribution in [0.2, 0.25) is 0 Å². The Morgan fingerprint density at radius 1 is 1.00 bits per heavy atom. The van der Waals surface area contributed by atoms with Crippen molar-refractivity contribution in [1.29, 1.82) is 0 Å². The standard InChI is InChI=1S/C27H25N3O4S/c1-15-10-11-22(16(2)12-15)30-25(32)21(24(31)28-27(30)35)14-19-13-17(3)29(18(19)4)23-9-7-6-8-20(23)26(33)34-5/h6-14H,1-5H3,(H,28,31,35)/b21-14+. The van der Waals surface area contributed by atoms with Gasteiger partial charge < -0.3 is 9.30 Å². The molecular formula is C27H25N3O4S. The number of nitrogens with one attached hydrogen (secondary N) is 1. The van der Waals surface area contributed by atoms with Crippen LogP contribution in [0, 0.1) is 27.7 Å². The quantitative estimate of drug-likeness (QED) is 0.256. The zero-order chi connectivity index (χ0) is 25.4. The lowest BCUT2D eigenvalue weighted by molar-refractivity contribution is -0.122. The number of thiocarbonyl (C=S) groups is 1. The third-order valence-electron chi connectivity index (χ3n) is 6.02. The van der Waals surface area contributed by atoms with Crippen molar-refractivity contribution in [3.8, 4) is 5.69 Å². The number of carbonyl (C=O) groups is 3. The lowest BCUT2D eigenvalue weighted by Gasteiger charge is -2.30. The number of amides is 2. The largest absolute Gasteiger partial charge is 0.465 e. The molecule has 1 fully saturated rings. The number of aromatic nitrogens is 1. The van der Waals surface area contributed by atoms with Crippen molar-refractivity contribution in [1.82, 2.24) is 9.88 Å². The number of hydrogen-bond acceptors (Lipinski definition) is 5. The first-order valence-electron chi connectivity index (χ1n) is 11.0. The Kier molecular flexibility index (Phi) is 6.41. The predicted octanol–water partition coefficient (Wildman–Crippen LogP) is 4.33. The number of aryl methyl sites for hydroxylation is 3. The van der Waals surface area contributed by atoms with E-state index < -0.39 is 17.8 Å². The molecule has 1 aliphatic heterocycles. The van der Waals surface area contributed by atoms with E-state index in [9.17, 15) is 14.4 Å².